The molecule has 7 nitrogen and oxygen atoms in total. The lowest BCUT2D eigenvalue weighted by atomic mass is 9.44. The molecule has 2 fully saturated rings. The van der Waals surface area contributed by atoms with E-state index < -0.39 is 35.0 Å². The van der Waals surface area contributed by atoms with Crippen molar-refractivity contribution in [3.63, 3.8) is 0 Å². The highest BCUT2D eigenvalue weighted by Gasteiger charge is 2.66. The molecule has 1 saturated heterocycles. The molecule has 3 aromatic rings. The minimum absolute atomic E-state index is 0.0569. The molecule has 1 heterocycles. The van der Waals surface area contributed by atoms with E-state index in [2.05, 4.69) is 0 Å². The van der Waals surface area contributed by atoms with Crippen LogP contribution in [0.1, 0.15) is 35.4 Å². The number of ether oxygens (including phenoxy) is 1. The second kappa shape index (κ2) is 10.8. The maximum Gasteiger partial charge on any atom is 0.233 e. The fourth-order valence-corrected chi connectivity index (χ4v) is 8.38. The lowest BCUT2D eigenvalue weighted by Crippen LogP contribution is -2.58. The maximum atomic E-state index is 15.0. The van der Waals surface area contributed by atoms with Crippen LogP contribution in [0.15, 0.2) is 103 Å². The van der Waals surface area contributed by atoms with Gasteiger partial charge in [0.15, 0.2) is 11.6 Å². The van der Waals surface area contributed by atoms with Gasteiger partial charge in [-0.05, 0) is 42.0 Å². The third-order valence-corrected chi connectivity index (χ3v) is 10.2. The van der Waals surface area contributed by atoms with Crippen LogP contribution in [0, 0.1) is 23.7 Å². The second-order valence-electron chi connectivity index (χ2n) is 12.1. The number of rotatable bonds is 6. The van der Waals surface area contributed by atoms with Crippen LogP contribution < -0.4 is 4.74 Å². The molecule has 0 radical (unpaired) electrons. The summed E-state index contributed by atoms with van der Waals surface area (Å²) in [5, 5.41) is 9.61. The molecule has 7 heteroatoms. The van der Waals surface area contributed by atoms with Gasteiger partial charge in [0, 0.05) is 30.0 Å². The number of Topliss-reactive ketones (excluding diaryl/α,β-unsaturated/α-hetero) is 1. The van der Waals surface area contributed by atoms with Crippen LogP contribution in [0.3, 0.4) is 0 Å². The molecule has 44 heavy (non-hydrogen) atoms. The summed E-state index contributed by atoms with van der Waals surface area (Å²) in [4.78, 5) is 57.9. The van der Waals surface area contributed by atoms with Crippen LogP contribution >= 0.6 is 0 Å². The smallest absolute Gasteiger partial charge is 0.233 e. The maximum absolute atomic E-state index is 15.0. The Labute approximate surface area is 255 Å². The number of benzene rings is 3. The van der Waals surface area contributed by atoms with E-state index in [1.54, 1.807) is 0 Å². The fourth-order valence-electron chi connectivity index (χ4n) is 8.38. The number of aliphatic hydroxyl groups is 1. The van der Waals surface area contributed by atoms with Gasteiger partial charge < -0.3 is 9.84 Å². The minimum atomic E-state index is -1.32. The number of imide groups is 1. The number of aliphatic hydroxyl groups excluding tert-OH is 1. The third-order valence-electron chi connectivity index (χ3n) is 10.2. The van der Waals surface area contributed by atoms with Crippen molar-refractivity contribution >= 4 is 29.0 Å². The molecule has 1 N–H and O–H groups in total. The molecule has 7 rings (SSSR count). The van der Waals surface area contributed by atoms with Gasteiger partial charge in [-0.3, -0.25) is 24.1 Å². The Bertz CT molecular complexity index is 1730. The van der Waals surface area contributed by atoms with Crippen molar-refractivity contribution in [1.82, 2.24) is 4.90 Å². The van der Waals surface area contributed by atoms with E-state index in [4.69, 9.17) is 4.74 Å². The number of ketones is 2. The monoisotopic (exact) mass is 587 g/mol. The first-order valence-electron chi connectivity index (χ1n) is 15.1. The van der Waals surface area contributed by atoms with Crippen molar-refractivity contribution < 1.29 is 29.0 Å². The number of nitrogens with zero attached hydrogens (tertiary/aromatic N) is 1. The summed E-state index contributed by atoms with van der Waals surface area (Å²) in [6, 6.07) is 26.1. The number of hydrogen-bond donors (Lipinski definition) is 1. The Balaban J connectivity index is 1.53. The Hall–Kier alpha value is -4.62. The van der Waals surface area contributed by atoms with Crippen LogP contribution in [0.5, 0.6) is 5.75 Å². The Morgan fingerprint density at radius 2 is 1.55 bits per heavy atom. The average molecular weight is 588 g/mol. The van der Waals surface area contributed by atoms with Gasteiger partial charge >= 0.3 is 0 Å². The van der Waals surface area contributed by atoms with Crippen LogP contribution in [-0.4, -0.2) is 53.6 Å². The number of likely N-dealkylation sites (tertiary alicyclic amines) is 1. The molecular formula is C37H33NO6. The van der Waals surface area contributed by atoms with Crippen molar-refractivity contribution in [3.05, 3.63) is 119 Å². The zero-order chi connectivity index (χ0) is 30.6. The number of fused-ring (bicyclic) bond motifs is 4. The van der Waals surface area contributed by atoms with E-state index >= 15 is 0 Å². The third kappa shape index (κ3) is 3.99. The van der Waals surface area contributed by atoms with Gasteiger partial charge in [-0.1, -0.05) is 90.5 Å². The predicted molar refractivity (Wildman–Crippen MR) is 163 cm³/mol. The molecule has 6 unspecified atom stereocenters. The number of allylic oxidation sites excluding steroid dienone is 4. The first kappa shape index (κ1) is 28.2. The first-order valence-corrected chi connectivity index (χ1v) is 15.1. The first-order chi connectivity index (χ1) is 21.4. The topological polar surface area (TPSA) is 101 Å². The van der Waals surface area contributed by atoms with Gasteiger partial charge in [-0.25, -0.2) is 0 Å². The van der Waals surface area contributed by atoms with Gasteiger partial charge in [0.05, 0.1) is 23.9 Å². The number of para-hydroxylation sites is 1. The molecule has 6 atom stereocenters. The highest BCUT2D eigenvalue weighted by molar-refractivity contribution is 6.31. The Morgan fingerprint density at radius 3 is 2.27 bits per heavy atom. The Morgan fingerprint density at radius 1 is 0.864 bits per heavy atom. The fraction of sp³-hybridized carbons (Fsp3) is 0.297. The van der Waals surface area contributed by atoms with Crippen molar-refractivity contribution in [2.45, 2.75) is 24.2 Å². The van der Waals surface area contributed by atoms with Gasteiger partial charge in [-0.2, -0.15) is 0 Å². The molecule has 4 aliphatic rings. The quantitative estimate of drug-likeness (QED) is 0.337. The van der Waals surface area contributed by atoms with E-state index in [0.717, 1.165) is 11.1 Å². The zero-order valence-electron chi connectivity index (χ0n) is 24.4. The average Bonchev–Trinajstić information content (AvgIpc) is 3.29. The van der Waals surface area contributed by atoms with Crippen LogP contribution in [0.4, 0.5) is 0 Å². The highest BCUT2D eigenvalue weighted by Crippen LogP contribution is 2.64. The van der Waals surface area contributed by atoms with Gasteiger partial charge in [-0.15, -0.1) is 0 Å². The number of hydrogen-bond acceptors (Lipinski definition) is 6. The summed E-state index contributed by atoms with van der Waals surface area (Å²) >= 11 is 0. The highest BCUT2D eigenvalue weighted by atomic mass is 16.5. The van der Waals surface area contributed by atoms with E-state index in [1.807, 2.05) is 91.0 Å². The van der Waals surface area contributed by atoms with Crippen LogP contribution in [0.25, 0.3) is 5.57 Å². The Kier molecular flexibility index (Phi) is 6.93. The predicted octanol–water partition coefficient (Wildman–Crippen LogP) is 4.51. The summed E-state index contributed by atoms with van der Waals surface area (Å²) in [6.45, 7) is -0.133. The van der Waals surface area contributed by atoms with E-state index in [9.17, 15) is 24.3 Å². The largest absolute Gasteiger partial charge is 0.491 e. The molecule has 1 aliphatic heterocycles. The second-order valence-corrected chi connectivity index (χ2v) is 12.1. The SMILES string of the molecule is CN1C(=O)C2CC=C3C(CC4C(=O)C(c5ccccc5)=CC(=O)C4(c4ccccc4)C3c3ccccc3OCCO)C2C1=O. The standard InChI is InChI=1S/C37H33NO6/c1-38-35(42)26-17-16-24-28(32(26)36(38)43)20-29-34(41)27(22-10-4-2-5-11-22)21-31(40)37(29,23-12-6-3-7-13-23)33(24)25-14-8-9-15-30(25)44-19-18-39/h2-16,21,26,28-29,32-33,39H,17-20H2,1H3. The van der Waals surface area contributed by atoms with Crippen molar-refractivity contribution in [2.75, 3.05) is 20.3 Å². The molecule has 1 saturated carbocycles. The van der Waals surface area contributed by atoms with E-state index in [0.29, 0.717) is 28.9 Å². The van der Waals surface area contributed by atoms with Crippen molar-refractivity contribution in [1.29, 1.82) is 0 Å². The molecular weight excluding hydrogens is 554 g/mol. The van der Waals surface area contributed by atoms with E-state index in [1.165, 1.54) is 18.0 Å². The summed E-state index contributed by atoms with van der Waals surface area (Å²) in [6.07, 6.45) is 4.19. The summed E-state index contributed by atoms with van der Waals surface area (Å²) in [7, 11) is 1.53. The number of amides is 2. The molecule has 222 valence electrons. The molecule has 3 aromatic carbocycles. The molecule has 0 spiro atoms. The lowest BCUT2D eigenvalue weighted by Gasteiger charge is -2.55. The number of carbonyl (C=O) groups excluding carboxylic acids is 4. The van der Waals surface area contributed by atoms with Crippen molar-refractivity contribution in [2.24, 2.45) is 23.7 Å². The van der Waals surface area contributed by atoms with E-state index in [-0.39, 0.29) is 43.0 Å². The molecule has 0 bridgehead atoms. The van der Waals surface area contributed by atoms with Crippen LogP contribution in [-0.2, 0) is 24.6 Å². The lowest BCUT2D eigenvalue weighted by molar-refractivity contribution is -0.139. The summed E-state index contributed by atoms with van der Waals surface area (Å²) in [5.41, 5.74) is 2.04. The summed E-state index contributed by atoms with van der Waals surface area (Å²) < 4.78 is 6.06. The zero-order valence-corrected chi connectivity index (χ0v) is 24.4. The normalized spacial score (nSPS) is 29.4. The van der Waals surface area contributed by atoms with Crippen molar-refractivity contribution in [3.8, 4) is 5.75 Å². The molecule has 3 aliphatic carbocycles. The number of carbonyl (C=O) groups is 4. The minimum Gasteiger partial charge on any atom is -0.491 e. The molecule has 0 aromatic heterocycles. The van der Waals surface area contributed by atoms with Gasteiger partial charge in [0.2, 0.25) is 11.8 Å². The van der Waals surface area contributed by atoms with Gasteiger partial charge in [0.25, 0.3) is 0 Å². The van der Waals surface area contributed by atoms with Gasteiger partial charge in [0.1, 0.15) is 12.4 Å². The van der Waals surface area contributed by atoms with Crippen LogP contribution in [0.2, 0.25) is 0 Å². The molecule has 2 amide bonds. The summed E-state index contributed by atoms with van der Waals surface area (Å²) in [5.74, 6) is -3.23.